The topological polar surface area (TPSA) is 107 Å². The molecule has 0 aliphatic heterocycles. The van der Waals surface area contributed by atoms with Crippen molar-refractivity contribution in [2.45, 2.75) is 19.9 Å². The van der Waals surface area contributed by atoms with Crippen molar-refractivity contribution in [1.29, 1.82) is 0 Å². The molecule has 0 heterocycles. The molecule has 19 heavy (non-hydrogen) atoms. The Labute approximate surface area is 112 Å². The number of hydrogen-bond acceptors (Lipinski definition) is 4. The number of carbonyl (C=O) groups is 2. The Morgan fingerprint density at radius 2 is 1.84 bits per heavy atom. The van der Waals surface area contributed by atoms with Crippen LogP contribution in [0.4, 0.5) is 5.69 Å². The molecular formula is C13H19N3O3. The average Bonchev–Trinajstić information content (AvgIpc) is 2.36. The van der Waals surface area contributed by atoms with E-state index >= 15 is 0 Å². The second-order valence-corrected chi connectivity index (χ2v) is 4.54. The lowest BCUT2D eigenvalue weighted by molar-refractivity contribution is -0.120. The number of hydrogen-bond donors (Lipinski definition) is 3. The number of anilines is 1. The van der Waals surface area contributed by atoms with Gasteiger partial charge in [0.15, 0.2) is 6.61 Å². The molecule has 0 aromatic heterocycles. The second kappa shape index (κ2) is 6.75. The van der Waals surface area contributed by atoms with Gasteiger partial charge in [0.1, 0.15) is 5.75 Å². The minimum Gasteiger partial charge on any atom is -0.484 e. The zero-order chi connectivity index (χ0) is 14.4. The van der Waals surface area contributed by atoms with Gasteiger partial charge in [0.2, 0.25) is 5.91 Å². The summed E-state index contributed by atoms with van der Waals surface area (Å²) in [6.07, 6.45) is 0. The van der Waals surface area contributed by atoms with E-state index in [1.807, 2.05) is 13.8 Å². The van der Waals surface area contributed by atoms with Gasteiger partial charge in [-0.3, -0.25) is 9.59 Å². The first kappa shape index (κ1) is 15.0. The monoisotopic (exact) mass is 265 g/mol. The average molecular weight is 265 g/mol. The largest absolute Gasteiger partial charge is 0.484 e. The van der Waals surface area contributed by atoms with Crippen LogP contribution in [0.3, 0.4) is 0 Å². The molecule has 0 aliphatic carbocycles. The minimum atomic E-state index is -0.550. The highest BCUT2D eigenvalue weighted by Crippen LogP contribution is 2.16. The predicted molar refractivity (Wildman–Crippen MR) is 72.6 cm³/mol. The lowest BCUT2D eigenvalue weighted by Crippen LogP contribution is -2.39. The van der Waals surface area contributed by atoms with Crippen LogP contribution >= 0.6 is 0 Å². The number of rotatable bonds is 6. The summed E-state index contributed by atoms with van der Waals surface area (Å²) in [6, 6.07) is 6.06. The van der Waals surface area contributed by atoms with E-state index in [9.17, 15) is 9.59 Å². The zero-order valence-electron chi connectivity index (χ0n) is 11.1. The van der Waals surface area contributed by atoms with Crippen molar-refractivity contribution in [3.05, 3.63) is 24.3 Å². The maximum atomic E-state index is 11.7. The normalized spacial score (nSPS) is 12.0. The van der Waals surface area contributed by atoms with Gasteiger partial charge in [-0.2, -0.15) is 0 Å². The summed E-state index contributed by atoms with van der Waals surface area (Å²) in [6.45, 7) is 3.58. The van der Waals surface area contributed by atoms with Crippen LogP contribution in [0.1, 0.15) is 13.8 Å². The van der Waals surface area contributed by atoms with Crippen LogP contribution in [-0.4, -0.2) is 24.5 Å². The molecule has 1 aromatic carbocycles. The fraction of sp³-hybridized carbons (Fsp3) is 0.385. The molecule has 2 amide bonds. The van der Waals surface area contributed by atoms with Crippen molar-refractivity contribution in [2.24, 2.45) is 17.4 Å². The Balaban J connectivity index is 2.57. The highest BCUT2D eigenvalue weighted by molar-refractivity contribution is 5.94. The molecule has 104 valence electrons. The number of ether oxygens (including phenoxy) is 1. The Morgan fingerprint density at radius 1 is 1.26 bits per heavy atom. The summed E-state index contributed by atoms with van der Waals surface area (Å²) < 4.78 is 5.10. The van der Waals surface area contributed by atoms with E-state index in [0.717, 1.165) is 0 Å². The molecule has 1 unspecified atom stereocenters. The highest BCUT2D eigenvalue weighted by Gasteiger charge is 2.16. The lowest BCUT2D eigenvalue weighted by atomic mass is 10.1. The van der Waals surface area contributed by atoms with Crippen LogP contribution in [0, 0.1) is 5.92 Å². The van der Waals surface area contributed by atoms with Gasteiger partial charge in [0.05, 0.1) is 6.04 Å². The minimum absolute atomic E-state index is 0.0678. The lowest BCUT2D eigenvalue weighted by Gasteiger charge is -2.15. The van der Waals surface area contributed by atoms with Gasteiger partial charge >= 0.3 is 0 Å². The van der Waals surface area contributed by atoms with Crippen molar-refractivity contribution >= 4 is 17.5 Å². The molecule has 6 heteroatoms. The number of benzene rings is 1. The number of carbonyl (C=O) groups excluding carboxylic acids is 2. The summed E-state index contributed by atoms with van der Waals surface area (Å²) in [5, 5.41) is 2.70. The number of amides is 2. The number of primary amides is 1. The van der Waals surface area contributed by atoms with Crippen molar-refractivity contribution < 1.29 is 14.3 Å². The molecule has 0 saturated heterocycles. The van der Waals surface area contributed by atoms with Gasteiger partial charge in [0, 0.05) is 5.69 Å². The van der Waals surface area contributed by atoms with Gasteiger partial charge in [-0.05, 0) is 30.2 Å². The van der Waals surface area contributed by atoms with Gasteiger partial charge in [-0.15, -0.1) is 0 Å². The fourth-order valence-electron chi connectivity index (χ4n) is 1.32. The van der Waals surface area contributed by atoms with E-state index in [1.54, 1.807) is 24.3 Å². The van der Waals surface area contributed by atoms with Crippen LogP contribution in [0.5, 0.6) is 5.75 Å². The smallest absolute Gasteiger partial charge is 0.255 e. The van der Waals surface area contributed by atoms with E-state index in [1.165, 1.54) is 0 Å². The van der Waals surface area contributed by atoms with Gasteiger partial charge in [-0.25, -0.2) is 0 Å². The van der Waals surface area contributed by atoms with Crippen molar-refractivity contribution in [3.63, 3.8) is 0 Å². The van der Waals surface area contributed by atoms with Crippen molar-refractivity contribution in [2.75, 3.05) is 11.9 Å². The molecule has 5 N–H and O–H groups in total. The number of nitrogens with two attached hydrogens (primary N) is 2. The molecule has 1 rings (SSSR count). The molecule has 0 bridgehead atoms. The standard InChI is InChI=1S/C13H19N3O3/c1-8(2)12(15)13(18)16-9-3-5-10(6-4-9)19-7-11(14)17/h3-6,8,12H,7,15H2,1-2H3,(H2,14,17)(H,16,18). The van der Waals surface area contributed by atoms with Crippen LogP contribution in [0.2, 0.25) is 0 Å². The van der Waals surface area contributed by atoms with E-state index in [-0.39, 0.29) is 18.4 Å². The maximum Gasteiger partial charge on any atom is 0.255 e. The van der Waals surface area contributed by atoms with Crippen LogP contribution in [0.15, 0.2) is 24.3 Å². The van der Waals surface area contributed by atoms with Gasteiger partial charge in [0.25, 0.3) is 5.91 Å². The Kier molecular flexibility index (Phi) is 5.32. The third kappa shape index (κ3) is 4.97. The summed E-state index contributed by atoms with van der Waals surface area (Å²) in [7, 11) is 0. The van der Waals surface area contributed by atoms with E-state index in [4.69, 9.17) is 16.2 Å². The third-order valence-electron chi connectivity index (χ3n) is 2.52. The maximum absolute atomic E-state index is 11.7. The van der Waals surface area contributed by atoms with Crippen LogP contribution < -0.4 is 21.5 Å². The summed E-state index contributed by atoms with van der Waals surface area (Å²) in [4.78, 5) is 22.3. The first-order valence-corrected chi connectivity index (χ1v) is 5.97. The molecular weight excluding hydrogens is 246 g/mol. The SMILES string of the molecule is CC(C)C(N)C(=O)Nc1ccc(OCC(N)=O)cc1. The Hall–Kier alpha value is -2.08. The Bertz CT molecular complexity index is 443. The molecule has 1 aromatic rings. The second-order valence-electron chi connectivity index (χ2n) is 4.54. The molecule has 0 aliphatic rings. The van der Waals surface area contributed by atoms with Gasteiger partial charge < -0.3 is 21.5 Å². The highest BCUT2D eigenvalue weighted by atomic mass is 16.5. The van der Waals surface area contributed by atoms with Crippen LogP contribution in [-0.2, 0) is 9.59 Å². The van der Waals surface area contributed by atoms with Crippen molar-refractivity contribution in [3.8, 4) is 5.75 Å². The summed E-state index contributed by atoms with van der Waals surface area (Å²) >= 11 is 0. The van der Waals surface area contributed by atoms with Crippen molar-refractivity contribution in [1.82, 2.24) is 0 Å². The Morgan fingerprint density at radius 3 is 2.32 bits per heavy atom. The molecule has 0 spiro atoms. The molecule has 1 atom stereocenters. The predicted octanol–water partition coefficient (Wildman–Crippen LogP) is 0.473. The molecule has 0 radical (unpaired) electrons. The third-order valence-corrected chi connectivity index (χ3v) is 2.52. The van der Waals surface area contributed by atoms with Crippen LogP contribution in [0.25, 0.3) is 0 Å². The molecule has 6 nitrogen and oxygen atoms in total. The zero-order valence-corrected chi connectivity index (χ0v) is 11.1. The molecule has 0 fully saturated rings. The quantitative estimate of drug-likeness (QED) is 0.695. The van der Waals surface area contributed by atoms with E-state index in [2.05, 4.69) is 5.32 Å². The van der Waals surface area contributed by atoms with E-state index < -0.39 is 11.9 Å². The van der Waals surface area contributed by atoms with E-state index in [0.29, 0.717) is 11.4 Å². The number of nitrogens with one attached hydrogen (secondary N) is 1. The summed E-state index contributed by atoms with van der Waals surface area (Å²) in [5.74, 6) is -0.204. The molecule has 0 saturated carbocycles. The first-order valence-electron chi connectivity index (χ1n) is 5.97. The first-order chi connectivity index (χ1) is 8.90. The summed E-state index contributed by atoms with van der Waals surface area (Å²) in [5.41, 5.74) is 11.3. The fourth-order valence-corrected chi connectivity index (χ4v) is 1.32. The van der Waals surface area contributed by atoms with Gasteiger partial charge in [-0.1, -0.05) is 13.8 Å².